The molecule has 4 rings (SSSR count). The number of pyridine rings is 1. The van der Waals surface area contributed by atoms with Gasteiger partial charge in [-0.15, -0.1) is 0 Å². The highest BCUT2D eigenvalue weighted by atomic mass is 35.5. The van der Waals surface area contributed by atoms with Gasteiger partial charge in [-0.25, -0.2) is 13.4 Å². The summed E-state index contributed by atoms with van der Waals surface area (Å²) in [6.45, 7) is 2.93. The Hall–Kier alpha value is -1.38. The highest BCUT2D eigenvalue weighted by Gasteiger charge is 2.36. The smallest absolute Gasteiger partial charge is 0.150 e. The van der Waals surface area contributed by atoms with E-state index >= 15 is 0 Å². The zero-order valence-corrected chi connectivity index (χ0v) is 20.5. The lowest BCUT2D eigenvalue weighted by molar-refractivity contribution is -0.0731. The first-order chi connectivity index (χ1) is 15.3. The number of sulfone groups is 1. The van der Waals surface area contributed by atoms with Crippen LogP contribution >= 0.6 is 23.2 Å². The fourth-order valence-electron chi connectivity index (χ4n) is 4.73. The molecule has 2 fully saturated rings. The molecular weight excluding hydrogens is 469 g/mol. The fourth-order valence-corrected chi connectivity index (χ4v) is 5.88. The van der Waals surface area contributed by atoms with Gasteiger partial charge in [-0.3, -0.25) is 4.90 Å². The lowest BCUT2D eigenvalue weighted by Crippen LogP contribution is -2.58. The molecule has 3 heterocycles. The normalized spacial score (nSPS) is 23.4. The topological polar surface area (TPSA) is 62.7 Å². The first kappa shape index (κ1) is 23.8. The summed E-state index contributed by atoms with van der Waals surface area (Å²) >= 11 is 12.2. The summed E-state index contributed by atoms with van der Waals surface area (Å²) in [6, 6.07) is 12.2. The molecule has 1 aromatic heterocycles. The van der Waals surface area contributed by atoms with Crippen molar-refractivity contribution in [2.45, 2.75) is 37.5 Å². The number of benzene rings is 1. The molecule has 0 amide bonds. The van der Waals surface area contributed by atoms with Crippen molar-refractivity contribution in [2.75, 3.05) is 43.1 Å². The maximum absolute atomic E-state index is 11.9. The van der Waals surface area contributed by atoms with Crippen molar-refractivity contribution in [1.29, 1.82) is 0 Å². The number of anilines is 1. The molecular formula is C23H29Cl2N3O3S. The van der Waals surface area contributed by atoms with Crippen LogP contribution in [0.1, 0.15) is 18.4 Å². The molecule has 1 aromatic carbocycles. The minimum Gasteiger partial charge on any atom is -0.374 e. The van der Waals surface area contributed by atoms with Gasteiger partial charge in [0.1, 0.15) is 15.7 Å². The molecule has 32 heavy (non-hydrogen) atoms. The van der Waals surface area contributed by atoms with E-state index in [1.165, 1.54) is 11.8 Å². The van der Waals surface area contributed by atoms with Gasteiger partial charge in [0.05, 0.1) is 18.5 Å². The van der Waals surface area contributed by atoms with Crippen LogP contribution in [0.2, 0.25) is 10.0 Å². The summed E-state index contributed by atoms with van der Waals surface area (Å²) in [5.41, 5.74) is 1.20. The van der Waals surface area contributed by atoms with Crippen molar-refractivity contribution in [2.24, 2.45) is 0 Å². The maximum Gasteiger partial charge on any atom is 0.150 e. The van der Waals surface area contributed by atoms with Crippen LogP contribution < -0.4 is 4.90 Å². The second-order valence-electron chi connectivity index (χ2n) is 8.78. The Balaban J connectivity index is 1.46. The van der Waals surface area contributed by atoms with E-state index in [2.05, 4.69) is 26.9 Å². The lowest BCUT2D eigenvalue weighted by Gasteiger charge is -2.47. The molecule has 0 N–H and O–H groups in total. The summed E-state index contributed by atoms with van der Waals surface area (Å²) in [4.78, 5) is 9.21. The number of morpholine rings is 1. The number of aromatic nitrogens is 1. The summed E-state index contributed by atoms with van der Waals surface area (Å²) in [6.07, 6.45) is 5.53. The SMILES string of the molecule is CS(=O)(=O)C[C@H]1CN(C2CCN(c3cc(Cl)ccn3)CC2)C(Cc2ccc(Cl)cc2)CO1. The van der Waals surface area contributed by atoms with Crippen molar-refractivity contribution in [1.82, 2.24) is 9.88 Å². The van der Waals surface area contributed by atoms with E-state index in [0.29, 0.717) is 24.2 Å². The summed E-state index contributed by atoms with van der Waals surface area (Å²) in [7, 11) is -3.10. The maximum atomic E-state index is 11.9. The molecule has 0 spiro atoms. The van der Waals surface area contributed by atoms with Gasteiger partial charge >= 0.3 is 0 Å². The van der Waals surface area contributed by atoms with Crippen LogP contribution in [0.4, 0.5) is 5.82 Å². The van der Waals surface area contributed by atoms with E-state index < -0.39 is 9.84 Å². The molecule has 174 valence electrons. The third-order valence-corrected chi connectivity index (χ3v) is 7.71. The van der Waals surface area contributed by atoms with E-state index in [4.69, 9.17) is 27.9 Å². The molecule has 0 bridgehead atoms. The number of hydrogen-bond acceptors (Lipinski definition) is 6. The zero-order valence-electron chi connectivity index (χ0n) is 18.2. The number of nitrogens with zero attached hydrogens (tertiary/aromatic N) is 3. The van der Waals surface area contributed by atoms with Gasteiger partial charge in [0.2, 0.25) is 0 Å². The van der Waals surface area contributed by atoms with Crippen LogP contribution in [0.25, 0.3) is 0 Å². The van der Waals surface area contributed by atoms with Gasteiger partial charge in [-0.1, -0.05) is 35.3 Å². The highest BCUT2D eigenvalue weighted by molar-refractivity contribution is 7.90. The Morgan fingerprint density at radius 1 is 1.09 bits per heavy atom. The predicted octanol–water partition coefficient (Wildman–Crippen LogP) is 3.71. The minimum atomic E-state index is -3.10. The van der Waals surface area contributed by atoms with Gasteiger partial charge in [0.25, 0.3) is 0 Å². The summed E-state index contributed by atoms with van der Waals surface area (Å²) in [5, 5.41) is 1.41. The molecule has 2 aromatic rings. The highest BCUT2D eigenvalue weighted by Crippen LogP contribution is 2.28. The quantitative estimate of drug-likeness (QED) is 0.605. The average Bonchev–Trinajstić information content (AvgIpc) is 2.75. The molecule has 6 nitrogen and oxygen atoms in total. The number of ether oxygens (including phenoxy) is 1. The number of rotatable bonds is 6. The first-order valence-corrected chi connectivity index (χ1v) is 13.7. The Labute approximate surface area is 200 Å². The standard InChI is InChI=1S/C23H29Cl2N3O3S/c1-32(29,30)16-22-14-28(21(15-31-22)12-17-2-4-18(24)5-3-17)20-7-10-27(11-8-20)23-13-19(25)6-9-26-23/h2-6,9,13,20-22H,7-8,10-12,14-16H2,1H3/t21?,22-/m1/s1. The van der Waals surface area contributed by atoms with Gasteiger partial charge in [0.15, 0.2) is 0 Å². The van der Waals surface area contributed by atoms with E-state index in [0.717, 1.165) is 43.2 Å². The van der Waals surface area contributed by atoms with Crippen LogP contribution in [-0.2, 0) is 21.0 Å². The molecule has 0 radical (unpaired) electrons. The molecule has 0 saturated carbocycles. The van der Waals surface area contributed by atoms with E-state index in [1.807, 2.05) is 18.2 Å². The third-order valence-electron chi connectivity index (χ3n) is 6.25. The predicted molar refractivity (Wildman–Crippen MR) is 130 cm³/mol. The molecule has 2 atom stereocenters. The number of piperidine rings is 1. The zero-order chi connectivity index (χ0) is 22.7. The second-order valence-corrected chi connectivity index (χ2v) is 11.8. The van der Waals surface area contributed by atoms with Crippen molar-refractivity contribution in [3.63, 3.8) is 0 Å². The van der Waals surface area contributed by atoms with Crippen LogP contribution in [0.15, 0.2) is 42.6 Å². The first-order valence-electron chi connectivity index (χ1n) is 10.9. The van der Waals surface area contributed by atoms with E-state index in [-0.39, 0.29) is 17.9 Å². The summed E-state index contributed by atoms with van der Waals surface area (Å²) < 4.78 is 29.8. The number of hydrogen-bond donors (Lipinski definition) is 0. The lowest BCUT2D eigenvalue weighted by atomic mass is 9.96. The van der Waals surface area contributed by atoms with Crippen LogP contribution in [0, 0.1) is 0 Å². The Bertz CT molecular complexity index is 1010. The van der Waals surface area contributed by atoms with Gasteiger partial charge in [-0.2, -0.15) is 0 Å². The number of halogens is 2. The fraction of sp³-hybridized carbons (Fsp3) is 0.522. The molecule has 9 heteroatoms. The third kappa shape index (κ3) is 6.35. The van der Waals surface area contributed by atoms with Crippen molar-refractivity contribution >= 4 is 38.9 Å². The molecule has 1 unspecified atom stereocenters. The van der Waals surface area contributed by atoms with Crippen molar-refractivity contribution in [3.8, 4) is 0 Å². The van der Waals surface area contributed by atoms with Crippen LogP contribution in [0.3, 0.4) is 0 Å². The monoisotopic (exact) mass is 497 g/mol. The summed E-state index contributed by atoms with van der Waals surface area (Å²) in [5.74, 6) is 0.966. The van der Waals surface area contributed by atoms with E-state index in [1.54, 1.807) is 12.3 Å². The van der Waals surface area contributed by atoms with E-state index in [9.17, 15) is 8.42 Å². The van der Waals surface area contributed by atoms with Crippen molar-refractivity contribution in [3.05, 3.63) is 58.2 Å². The second kappa shape index (κ2) is 10.3. The molecule has 0 aliphatic carbocycles. The van der Waals surface area contributed by atoms with Gasteiger partial charge in [-0.05, 0) is 49.1 Å². The Kier molecular flexibility index (Phi) is 7.62. The van der Waals surface area contributed by atoms with Crippen molar-refractivity contribution < 1.29 is 13.2 Å². The largest absolute Gasteiger partial charge is 0.374 e. The van der Waals surface area contributed by atoms with Gasteiger partial charge < -0.3 is 9.64 Å². The van der Waals surface area contributed by atoms with Crippen LogP contribution in [0.5, 0.6) is 0 Å². The Morgan fingerprint density at radius 3 is 2.47 bits per heavy atom. The molecule has 2 aliphatic heterocycles. The molecule has 2 saturated heterocycles. The van der Waals surface area contributed by atoms with Gasteiger partial charge in [0, 0.05) is 54.2 Å². The molecule has 2 aliphatic rings. The Morgan fingerprint density at radius 2 is 1.81 bits per heavy atom. The average molecular weight is 498 g/mol. The van der Waals surface area contributed by atoms with Crippen LogP contribution in [-0.4, -0.2) is 74.7 Å². The minimum absolute atomic E-state index is 0.0580.